The first-order valence-electron chi connectivity index (χ1n) is 13.9. The lowest BCUT2D eigenvalue weighted by Gasteiger charge is -2.27. The van der Waals surface area contributed by atoms with Gasteiger partial charge in [-0.1, -0.05) is 51.2 Å². The average Bonchev–Trinajstić information content (AvgIpc) is 3.45. The summed E-state index contributed by atoms with van der Waals surface area (Å²) in [5, 5.41) is 15.4. The molecule has 0 spiro atoms. The fraction of sp³-hybridized carbons (Fsp3) is 0.600. The lowest BCUT2D eigenvalue weighted by molar-refractivity contribution is 0.0361. The maximum Gasteiger partial charge on any atom is 0.267 e. The molecule has 2 aliphatic rings. The third-order valence-electron chi connectivity index (χ3n) is 7.50. The molecule has 1 saturated heterocycles. The lowest BCUT2D eigenvalue weighted by Crippen LogP contribution is -2.50. The van der Waals surface area contributed by atoms with Crippen molar-refractivity contribution < 1.29 is 14.6 Å². The van der Waals surface area contributed by atoms with Crippen molar-refractivity contribution in [3.05, 3.63) is 38.1 Å². The number of hydrogen-bond donors (Lipinski definition) is 2. The topological polar surface area (TPSA) is 83.8 Å². The Morgan fingerprint density at radius 2 is 1.95 bits per heavy atom. The molecule has 7 heteroatoms. The number of nitrogens with one attached hydrogen (secondary N) is 1. The number of nitrogens with zero attached hydrogens (tertiary/aromatic N) is 2. The number of allylic oxidation sites excluding steroid dienone is 2. The van der Waals surface area contributed by atoms with E-state index in [2.05, 4.69) is 29.1 Å². The van der Waals surface area contributed by atoms with E-state index in [0.717, 1.165) is 44.3 Å². The van der Waals surface area contributed by atoms with E-state index in [1.807, 2.05) is 26.0 Å². The summed E-state index contributed by atoms with van der Waals surface area (Å²) in [6.45, 7) is 9.98. The Kier molecular flexibility index (Phi) is 11.0. The van der Waals surface area contributed by atoms with Crippen LogP contribution in [0.1, 0.15) is 76.1 Å². The quantitative estimate of drug-likeness (QED) is 0.474. The number of aromatic hydroxyl groups is 1. The zero-order valence-electron chi connectivity index (χ0n) is 22.7. The Morgan fingerprint density at radius 1 is 1.24 bits per heavy atom. The van der Waals surface area contributed by atoms with E-state index in [9.17, 15) is 14.7 Å². The molecular weight excluding hydrogens is 466 g/mol. The number of hydrogen-bond acceptors (Lipinski definition) is 5. The van der Waals surface area contributed by atoms with E-state index in [0.29, 0.717) is 49.2 Å². The minimum absolute atomic E-state index is 0.238. The average molecular weight is 510 g/mol. The second kappa shape index (κ2) is 14.2. The zero-order chi connectivity index (χ0) is 26.8. The number of pyridine rings is 1. The lowest BCUT2D eigenvalue weighted by atomic mass is 9.95. The van der Waals surface area contributed by atoms with Crippen LogP contribution >= 0.6 is 0 Å². The highest BCUT2D eigenvalue weighted by molar-refractivity contribution is 5.97. The van der Waals surface area contributed by atoms with Crippen LogP contribution < -0.4 is 21.4 Å². The molecule has 2 N–H and O–H groups in total. The molecule has 1 amide bonds. The minimum atomic E-state index is -0.632. The number of carbonyl (C=O) groups is 1. The van der Waals surface area contributed by atoms with E-state index in [-0.39, 0.29) is 11.3 Å². The first-order chi connectivity index (χ1) is 17.9. The summed E-state index contributed by atoms with van der Waals surface area (Å²) in [4.78, 5) is 29.4. The molecule has 1 aromatic rings. The molecule has 1 saturated carbocycles. The molecule has 1 aliphatic carbocycles. The number of unbranched alkanes of at least 4 members (excludes halogenated alkanes) is 1. The number of terminal acetylenes is 1. The molecule has 3 rings (SSSR count). The summed E-state index contributed by atoms with van der Waals surface area (Å²) in [6, 6.07) is -0.517. The molecule has 1 aliphatic heterocycles. The van der Waals surface area contributed by atoms with Crippen LogP contribution in [0.3, 0.4) is 0 Å². The molecule has 0 bridgehead atoms. The highest BCUT2D eigenvalue weighted by atomic mass is 16.5. The Labute approximate surface area is 220 Å². The van der Waals surface area contributed by atoms with E-state index < -0.39 is 17.5 Å². The molecular formula is C30H43N3O4. The van der Waals surface area contributed by atoms with Gasteiger partial charge < -0.3 is 19.7 Å². The van der Waals surface area contributed by atoms with Crippen molar-refractivity contribution in [2.75, 3.05) is 32.8 Å². The van der Waals surface area contributed by atoms with Crippen molar-refractivity contribution >= 4 is 18.1 Å². The van der Waals surface area contributed by atoms with Crippen molar-refractivity contribution in [1.82, 2.24) is 14.8 Å². The van der Waals surface area contributed by atoms with Crippen LogP contribution in [-0.4, -0.2) is 59.4 Å². The molecule has 1 atom stereocenters. The van der Waals surface area contributed by atoms with Crippen LogP contribution in [0.15, 0.2) is 16.4 Å². The van der Waals surface area contributed by atoms with Gasteiger partial charge in [0.2, 0.25) is 0 Å². The normalized spacial score (nSPS) is 19.2. The summed E-state index contributed by atoms with van der Waals surface area (Å²) in [5.41, 5.74) is 0.411. The summed E-state index contributed by atoms with van der Waals surface area (Å²) >= 11 is 0. The fourth-order valence-corrected chi connectivity index (χ4v) is 5.24. The van der Waals surface area contributed by atoms with Gasteiger partial charge in [0, 0.05) is 31.4 Å². The highest BCUT2D eigenvalue weighted by Crippen LogP contribution is 2.31. The molecule has 2 fully saturated rings. The number of rotatable bonds is 10. The first kappa shape index (κ1) is 28.7. The van der Waals surface area contributed by atoms with Gasteiger partial charge in [0.25, 0.3) is 11.5 Å². The van der Waals surface area contributed by atoms with Gasteiger partial charge in [-0.15, -0.1) is 6.42 Å². The van der Waals surface area contributed by atoms with Crippen LogP contribution in [0.25, 0.3) is 12.2 Å². The Morgan fingerprint density at radius 3 is 2.54 bits per heavy atom. The van der Waals surface area contributed by atoms with Crippen LogP contribution in [0.4, 0.5) is 0 Å². The SMILES string of the molecule is C#CC(CC)NC(=O)c1c(O)c(=C/C(=C\C)C2CCCC2)/c(=C/CCC)n(CCN2CCOCC2)c1=O. The number of ether oxygens (including phenoxy) is 1. The van der Waals surface area contributed by atoms with Crippen LogP contribution in [0, 0.1) is 18.3 Å². The third-order valence-corrected chi connectivity index (χ3v) is 7.50. The van der Waals surface area contributed by atoms with Crippen LogP contribution in [0.5, 0.6) is 5.75 Å². The third kappa shape index (κ3) is 7.15. The van der Waals surface area contributed by atoms with Crippen molar-refractivity contribution in [1.29, 1.82) is 0 Å². The maximum absolute atomic E-state index is 13.8. The standard InChI is InChI=1S/C30H43N3O4/c1-5-9-14-26-25(21-22(6-2)23-12-10-11-13-23)28(34)27(29(35)31-24(7-3)8-4)30(36)33(26)16-15-32-17-19-37-20-18-32/h3,6,14,21,23-24,34H,5,8-13,15-20H2,1-2,4H3,(H,31,35)/b22-6+,25-21+,26-14-. The van der Waals surface area contributed by atoms with Gasteiger partial charge in [-0.3, -0.25) is 14.5 Å². The summed E-state index contributed by atoms with van der Waals surface area (Å²) in [7, 11) is 0. The van der Waals surface area contributed by atoms with Gasteiger partial charge in [-0.2, -0.15) is 0 Å². The largest absolute Gasteiger partial charge is 0.506 e. The summed E-state index contributed by atoms with van der Waals surface area (Å²) < 4.78 is 7.14. The molecule has 0 aromatic carbocycles. The predicted molar refractivity (Wildman–Crippen MR) is 149 cm³/mol. The second-order valence-electron chi connectivity index (χ2n) is 9.94. The number of carbonyl (C=O) groups excluding carboxylic acids is 1. The van der Waals surface area contributed by atoms with Crippen molar-refractivity contribution in [2.45, 2.75) is 78.3 Å². The molecule has 0 radical (unpaired) electrons. The van der Waals surface area contributed by atoms with Crippen molar-refractivity contribution in [2.24, 2.45) is 5.92 Å². The fourth-order valence-electron chi connectivity index (χ4n) is 5.24. The predicted octanol–water partition coefficient (Wildman–Crippen LogP) is 2.53. The second-order valence-corrected chi connectivity index (χ2v) is 9.94. The molecule has 2 heterocycles. The summed E-state index contributed by atoms with van der Waals surface area (Å²) in [6.07, 6.45) is 18.4. The highest BCUT2D eigenvalue weighted by Gasteiger charge is 2.24. The molecule has 1 unspecified atom stereocenters. The van der Waals surface area contributed by atoms with Gasteiger partial charge in [0.15, 0.2) is 0 Å². The van der Waals surface area contributed by atoms with Crippen molar-refractivity contribution in [3.63, 3.8) is 0 Å². The van der Waals surface area contributed by atoms with Gasteiger partial charge in [-0.25, -0.2) is 0 Å². The van der Waals surface area contributed by atoms with E-state index in [1.165, 1.54) is 12.8 Å². The minimum Gasteiger partial charge on any atom is -0.506 e. The summed E-state index contributed by atoms with van der Waals surface area (Å²) in [5.74, 6) is 2.06. The first-order valence-corrected chi connectivity index (χ1v) is 13.9. The Hall–Kier alpha value is -2.82. The molecule has 202 valence electrons. The van der Waals surface area contributed by atoms with E-state index >= 15 is 0 Å². The number of morpholine rings is 1. The van der Waals surface area contributed by atoms with Crippen LogP contribution in [-0.2, 0) is 11.3 Å². The van der Waals surface area contributed by atoms with Gasteiger partial charge in [0.05, 0.1) is 24.6 Å². The van der Waals surface area contributed by atoms with E-state index in [1.54, 1.807) is 4.57 Å². The Bertz CT molecular complexity index is 1180. The monoisotopic (exact) mass is 509 g/mol. The smallest absolute Gasteiger partial charge is 0.267 e. The van der Waals surface area contributed by atoms with E-state index in [4.69, 9.17) is 11.2 Å². The van der Waals surface area contributed by atoms with Gasteiger partial charge in [-0.05, 0) is 50.2 Å². The van der Waals surface area contributed by atoms with Gasteiger partial charge >= 0.3 is 0 Å². The van der Waals surface area contributed by atoms with Crippen LogP contribution in [0.2, 0.25) is 0 Å². The molecule has 1 aromatic heterocycles. The van der Waals surface area contributed by atoms with Gasteiger partial charge in [0.1, 0.15) is 11.3 Å². The Balaban J connectivity index is 2.23. The maximum atomic E-state index is 13.8. The zero-order valence-corrected chi connectivity index (χ0v) is 22.7. The number of amides is 1. The molecule has 37 heavy (non-hydrogen) atoms. The van der Waals surface area contributed by atoms with Crippen molar-refractivity contribution in [3.8, 4) is 18.1 Å². The number of aromatic nitrogens is 1. The molecule has 7 nitrogen and oxygen atoms in total.